The van der Waals surface area contributed by atoms with Crippen LogP contribution < -0.4 is 0 Å². The Bertz CT molecular complexity index is 436. The Kier molecular flexibility index (Phi) is 4.07. The van der Waals surface area contributed by atoms with Crippen molar-refractivity contribution in [1.82, 2.24) is 0 Å². The molecule has 0 N–H and O–H groups in total. The van der Waals surface area contributed by atoms with Crippen molar-refractivity contribution in [2.75, 3.05) is 0 Å². The summed E-state index contributed by atoms with van der Waals surface area (Å²) in [7, 11) is 0. The maximum atomic E-state index is 12.9. The third kappa shape index (κ3) is 3.71. The van der Waals surface area contributed by atoms with E-state index in [1.807, 2.05) is 0 Å². The number of hydrogen-bond donors (Lipinski definition) is 0. The molecule has 0 aromatic heterocycles. The summed E-state index contributed by atoms with van der Waals surface area (Å²) in [5.74, 6) is -0.708. The molecule has 0 aliphatic carbocycles. The molecule has 0 heterocycles. The Morgan fingerprint density at radius 1 is 1.41 bits per heavy atom. The minimum atomic E-state index is -4.43. The molecule has 1 rings (SSSR count). The molecule has 92 valence electrons. The minimum Gasteiger partial charge on any atom is -0.364 e. The standard InChI is InChI=1S/C11H9F4NO/c1-7(11(13,14)15)17-6-8-2-3-10(12)9(4-8)5-16/h2-4,7H,6H2,1H3. The molecule has 1 unspecified atom stereocenters. The zero-order valence-corrected chi connectivity index (χ0v) is 8.88. The van der Waals surface area contributed by atoms with Crippen LogP contribution in [0, 0.1) is 17.1 Å². The lowest BCUT2D eigenvalue weighted by Gasteiger charge is -2.16. The molecule has 0 spiro atoms. The van der Waals surface area contributed by atoms with E-state index in [0.29, 0.717) is 5.56 Å². The second kappa shape index (κ2) is 5.15. The molecule has 1 atom stereocenters. The molecule has 0 saturated heterocycles. The lowest BCUT2D eigenvalue weighted by molar-refractivity contribution is -0.217. The van der Waals surface area contributed by atoms with Gasteiger partial charge in [-0.15, -0.1) is 0 Å². The first-order chi connectivity index (χ1) is 7.84. The molecule has 6 heteroatoms. The largest absolute Gasteiger partial charge is 0.414 e. The molecule has 0 radical (unpaired) electrons. The summed E-state index contributed by atoms with van der Waals surface area (Å²) in [4.78, 5) is 0. The zero-order chi connectivity index (χ0) is 13.1. The van der Waals surface area contributed by atoms with E-state index >= 15 is 0 Å². The number of ether oxygens (including phenoxy) is 1. The smallest absolute Gasteiger partial charge is 0.364 e. The summed E-state index contributed by atoms with van der Waals surface area (Å²) in [5, 5.41) is 8.54. The fourth-order valence-corrected chi connectivity index (χ4v) is 1.06. The first-order valence-corrected chi connectivity index (χ1v) is 4.71. The van der Waals surface area contributed by atoms with Gasteiger partial charge in [0.2, 0.25) is 0 Å². The molecular formula is C11H9F4NO. The predicted molar refractivity (Wildman–Crippen MR) is 51.4 cm³/mol. The number of halogens is 4. The van der Waals surface area contributed by atoms with E-state index in [0.717, 1.165) is 13.0 Å². The van der Waals surface area contributed by atoms with Crippen LogP contribution in [0.4, 0.5) is 17.6 Å². The molecule has 2 nitrogen and oxygen atoms in total. The van der Waals surface area contributed by atoms with Crippen molar-refractivity contribution in [3.05, 3.63) is 35.1 Å². The van der Waals surface area contributed by atoms with Crippen LogP contribution in [0.5, 0.6) is 0 Å². The Morgan fingerprint density at radius 3 is 2.59 bits per heavy atom. The quantitative estimate of drug-likeness (QED) is 0.768. The van der Waals surface area contributed by atoms with Crippen LogP contribution >= 0.6 is 0 Å². The van der Waals surface area contributed by atoms with Gasteiger partial charge in [-0.1, -0.05) is 6.07 Å². The molecule has 17 heavy (non-hydrogen) atoms. The highest BCUT2D eigenvalue weighted by molar-refractivity contribution is 5.34. The van der Waals surface area contributed by atoms with E-state index < -0.39 is 18.1 Å². The van der Waals surface area contributed by atoms with Gasteiger partial charge in [0.1, 0.15) is 11.9 Å². The number of nitriles is 1. The normalized spacial score (nSPS) is 13.2. The predicted octanol–water partition coefficient (Wildman–Crippen LogP) is 3.16. The molecule has 0 fully saturated rings. The second-order valence-electron chi connectivity index (χ2n) is 3.42. The van der Waals surface area contributed by atoms with Crippen molar-refractivity contribution in [2.24, 2.45) is 0 Å². The van der Waals surface area contributed by atoms with Gasteiger partial charge in [0.15, 0.2) is 6.10 Å². The highest BCUT2D eigenvalue weighted by atomic mass is 19.4. The summed E-state index contributed by atoms with van der Waals surface area (Å²) in [6.07, 6.45) is -6.34. The zero-order valence-electron chi connectivity index (χ0n) is 8.88. The van der Waals surface area contributed by atoms with Crippen molar-refractivity contribution >= 4 is 0 Å². The summed E-state index contributed by atoms with van der Waals surface area (Å²) in [6.45, 7) is 0.560. The first-order valence-electron chi connectivity index (χ1n) is 4.71. The van der Waals surface area contributed by atoms with Gasteiger partial charge >= 0.3 is 6.18 Å². The number of rotatable bonds is 3. The van der Waals surface area contributed by atoms with Crippen LogP contribution in [-0.2, 0) is 11.3 Å². The summed E-state index contributed by atoms with van der Waals surface area (Å²) in [5.41, 5.74) is 0.102. The Balaban J connectivity index is 2.68. The minimum absolute atomic E-state index is 0.217. The Hall–Kier alpha value is -1.61. The van der Waals surface area contributed by atoms with E-state index in [2.05, 4.69) is 4.74 Å². The molecule has 0 amide bonds. The number of nitrogens with zero attached hydrogens (tertiary/aromatic N) is 1. The van der Waals surface area contributed by atoms with Gasteiger partial charge in [-0.3, -0.25) is 0 Å². The summed E-state index contributed by atoms with van der Waals surface area (Å²) in [6, 6.07) is 5.07. The second-order valence-corrected chi connectivity index (χ2v) is 3.42. The van der Waals surface area contributed by atoms with Crippen molar-refractivity contribution < 1.29 is 22.3 Å². The van der Waals surface area contributed by atoms with E-state index in [-0.39, 0.29) is 12.2 Å². The van der Waals surface area contributed by atoms with Crippen molar-refractivity contribution in [2.45, 2.75) is 25.8 Å². The first kappa shape index (κ1) is 13.5. The van der Waals surface area contributed by atoms with Crippen LogP contribution in [0.15, 0.2) is 18.2 Å². The molecule has 1 aromatic rings. The summed E-state index contributed by atoms with van der Waals surface area (Å²) < 4.78 is 53.9. The monoisotopic (exact) mass is 247 g/mol. The molecular weight excluding hydrogens is 238 g/mol. The van der Waals surface area contributed by atoms with E-state index in [9.17, 15) is 17.6 Å². The van der Waals surface area contributed by atoms with Gasteiger partial charge in [-0.25, -0.2) is 4.39 Å². The topological polar surface area (TPSA) is 33.0 Å². The Labute approximate surface area is 95.4 Å². The fourth-order valence-electron chi connectivity index (χ4n) is 1.06. The van der Waals surface area contributed by atoms with Gasteiger partial charge in [0.05, 0.1) is 12.2 Å². The third-order valence-corrected chi connectivity index (χ3v) is 2.11. The average molecular weight is 247 g/mol. The van der Waals surface area contributed by atoms with Gasteiger partial charge in [-0.05, 0) is 24.6 Å². The lowest BCUT2D eigenvalue weighted by atomic mass is 10.1. The number of benzene rings is 1. The van der Waals surface area contributed by atoms with Gasteiger partial charge < -0.3 is 4.74 Å². The maximum absolute atomic E-state index is 12.9. The lowest BCUT2D eigenvalue weighted by Crippen LogP contribution is -2.28. The molecule has 1 aromatic carbocycles. The summed E-state index contributed by atoms with van der Waals surface area (Å²) >= 11 is 0. The maximum Gasteiger partial charge on any atom is 0.414 e. The van der Waals surface area contributed by atoms with E-state index in [1.165, 1.54) is 12.1 Å². The molecule has 0 bridgehead atoms. The average Bonchev–Trinajstić information content (AvgIpc) is 2.26. The van der Waals surface area contributed by atoms with Crippen molar-refractivity contribution in [3.63, 3.8) is 0 Å². The van der Waals surface area contributed by atoms with E-state index in [4.69, 9.17) is 5.26 Å². The van der Waals surface area contributed by atoms with Crippen molar-refractivity contribution in [3.8, 4) is 6.07 Å². The fraction of sp³-hybridized carbons (Fsp3) is 0.364. The van der Waals surface area contributed by atoms with Gasteiger partial charge in [0.25, 0.3) is 0 Å². The van der Waals surface area contributed by atoms with Crippen LogP contribution in [0.2, 0.25) is 0 Å². The molecule has 0 aliphatic rings. The third-order valence-electron chi connectivity index (χ3n) is 2.11. The Morgan fingerprint density at radius 2 is 2.06 bits per heavy atom. The van der Waals surface area contributed by atoms with Crippen molar-refractivity contribution in [1.29, 1.82) is 5.26 Å². The van der Waals surface area contributed by atoms with Crippen LogP contribution in [0.3, 0.4) is 0 Å². The highest BCUT2D eigenvalue weighted by Crippen LogP contribution is 2.23. The van der Waals surface area contributed by atoms with Crippen LogP contribution in [0.25, 0.3) is 0 Å². The SMILES string of the molecule is CC(OCc1ccc(F)c(C#N)c1)C(F)(F)F. The van der Waals surface area contributed by atoms with E-state index in [1.54, 1.807) is 6.07 Å². The van der Waals surface area contributed by atoms with Crippen LogP contribution in [0.1, 0.15) is 18.1 Å². The van der Waals surface area contributed by atoms with Gasteiger partial charge in [-0.2, -0.15) is 18.4 Å². The molecule has 0 aliphatic heterocycles. The highest BCUT2D eigenvalue weighted by Gasteiger charge is 2.36. The number of alkyl halides is 3. The van der Waals surface area contributed by atoms with Crippen LogP contribution in [-0.4, -0.2) is 12.3 Å². The number of hydrogen-bond acceptors (Lipinski definition) is 2. The van der Waals surface area contributed by atoms with Gasteiger partial charge in [0, 0.05) is 0 Å². The molecule has 0 saturated carbocycles.